The maximum atomic E-state index is 12.5. The molecule has 1 aliphatic rings. The van der Waals surface area contributed by atoms with E-state index in [1.165, 1.54) is 11.1 Å². The van der Waals surface area contributed by atoms with E-state index >= 15 is 0 Å². The molecule has 0 saturated carbocycles. The first kappa shape index (κ1) is 16.0. The first-order valence-electron chi connectivity index (χ1n) is 8.35. The molecule has 0 spiro atoms. The van der Waals surface area contributed by atoms with Crippen LogP contribution in [0, 0.1) is 6.92 Å². The van der Waals surface area contributed by atoms with Gasteiger partial charge in [-0.2, -0.15) is 0 Å². The fourth-order valence-electron chi connectivity index (χ4n) is 3.34. The Morgan fingerprint density at radius 1 is 1.24 bits per heavy atom. The largest absolute Gasteiger partial charge is 0.497 e. The highest BCUT2D eigenvalue weighted by Crippen LogP contribution is 2.41. The summed E-state index contributed by atoms with van der Waals surface area (Å²) in [6.45, 7) is 4.33. The average molecular weight is 352 g/mol. The standard InChI is InChI=1S/C20H20N2O2S/c1-13-4-3-5-14(10-13)12-22-9-8-21-20(23)19-18(22)16-11-15(24-2)6-7-17(16)25-19/h3-7,10-11H,8-9,12H2,1-2H3,(H,21,23). The smallest absolute Gasteiger partial charge is 0.263 e. The fourth-order valence-corrected chi connectivity index (χ4v) is 4.47. The van der Waals surface area contributed by atoms with Gasteiger partial charge in [-0.3, -0.25) is 4.79 Å². The minimum Gasteiger partial charge on any atom is -0.497 e. The zero-order valence-electron chi connectivity index (χ0n) is 14.3. The van der Waals surface area contributed by atoms with E-state index in [4.69, 9.17) is 4.74 Å². The van der Waals surface area contributed by atoms with E-state index in [2.05, 4.69) is 41.4 Å². The van der Waals surface area contributed by atoms with E-state index in [1.807, 2.05) is 18.2 Å². The van der Waals surface area contributed by atoms with Crippen LogP contribution in [0.15, 0.2) is 42.5 Å². The highest BCUT2D eigenvalue weighted by Gasteiger charge is 2.26. The van der Waals surface area contributed by atoms with E-state index in [0.29, 0.717) is 6.54 Å². The quantitative estimate of drug-likeness (QED) is 0.775. The van der Waals surface area contributed by atoms with Gasteiger partial charge in [-0.05, 0) is 30.7 Å². The second-order valence-corrected chi connectivity index (χ2v) is 7.36. The summed E-state index contributed by atoms with van der Waals surface area (Å²) in [5, 5.41) is 4.10. The van der Waals surface area contributed by atoms with Crippen molar-refractivity contribution in [2.45, 2.75) is 13.5 Å². The van der Waals surface area contributed by atoms with Crippen LogP contribution in [0.3, 0.4) is 0 Å². The van der Waals surface area contributed by atoms with Crippen molar-refractivity contribution in [2.75, 3.05) is 25.1 Å². The highest BCUT2D eigenvalue weighted by atomic mass is 32.1. The van der Waals surface area contributed by atoms with Crippen LogP contribution in [-0.2, 0) is 6.54 Å². The molecule has 0 radical (unpaired) electrons. The minimum atomic E-state index is 0.0157. The van der Waals surface area contributed by atoms with Gasteiger partial charge in [-0.1, -0.05) is 29.8 Å². The number of methoxy groups -OCH3 is 1. The van der Waals surface area contributed by atoms with Gasteiger partial charge in [0.15, 0.2) is 0 Å². The molecular formula is C20H20N2O2S. The predicted octanol–water partition coefficient (Wildman–Crippen LogP) is 3.97. The monoisotopic (exact) mass is 352 g/mol. The average Bonchev–Trinajstić information content (AvgIpc) is 2.92. The third kappa shape index (κ3) is 2.96. The molecule has 0 fully saturated rings. The van der Waals surface area contributed by atoms with E-state index in [0.717, 1.165) is 39.5 Å². The van der Waals surface area contributed by atoms with Crippen molar-refractivity contribution >= 4 is 33.0 Å². The SMILES string of the molecule is COc1ccc2sc3c(c2c1)N(Cc1cccc(C)c1)CCNC3=O. The summed E-state index contributed by atoms with van der Waals surface area (Å²) < 4.78 is 6.50. The van der Waals surface area contributed by atoms with Gasteiger partial charge in [0.2, 0.25) is 0 Å². The van der Waals surface area contributed by atoms with Crippen molar-refractivity contribution in [1.29, 1.82) is 0 Å². The minimum absolute atomic E-state index is 0.0157. The zero-order valence-corrected chi connectivity index (χ0v) is 15.2. The lowest BCUT2D eigenvalue weighted by molar-refractivity contribution is 0.0962. The molecule has 4 nitrogen and oxygen atoms in total. The number of hydrogen-bond acceptors (Lipinski definition) is 4. The van der Waals surface area contributed by atoms with E-state index in [-0.39, 0.29) is 5.91 Å². The summed E-state index contributed by atoms with van der Waals surface area (Å²) >= 11 is 1.55. The lowest BCUT2D eigenvalue weighted by atomic mass is 10.1. The Labute approximate surface area is 151 Å². The Bertz CT molecular complexity index is 948. The second-order valence-electron chi connectivity index (χ2n) is 6.31. The molecule has 1 N–H and O–H groups in total. The molecule has 0 atom stereocenters. The summed E-state index contributed by atoms with van der Waals surface area (Å²) in [6.07, 6.45) is 0. The van der Waals surface area contributed by atoms with Crippen molar-refractivity contribution in [3.8, 4) is 5.75 Å². The number of hydrogen-bond donors (Lipinski definition) is 1. The number of ether oxygens (including phenoxy) is 1. The second kappa shape index (κ2) is 6.41. The van der Waals surface area contributed by atoms with E-state index < -0.39 is 0 Å². The Hall–Kier alpha value is -2.53. The molecule has 128 valence electrons. The maximum Gasteiger partial charge on any atom is 0.263 e. The number of fused-ring (bicyclic) bond motifs is 3. The third-order valence-corrected chi connectivity index (χ3v) is 5.67. The number of carbonyl (C=O) groups is 1. The van der Waals surface area contributed by atoms with Gasteiger partial charge in [-0.25, -0.2) is 0 Å². The molecule has 1 amide bonds. The molecular weight excluding hydrogens is 332 g/mol. The first-order valence-corrected chi connectivity index (χ1v) is 9.16. The summed E-state index contributed by atoms with van der Waals surface area (Å²) in [5.41, 5.74) is 3.52. The molecule has 0 saturated heterocycles. The molecule has 1 aromatic heterocycles. The number of benzene rings is 2. The van der Waals surface area contributed by atoms with Gasteiger partial charge in [-0.15, -0.1) is 11.3 Å². The maximum absolute atomic E-state index is 12.5. The highest BCUT2D eigenvalue weighted by molar-refractivity contribution is 7.21. The van der Waals surface area contributed by atoms with Crippen molar-refractivity contribution in [2.24, 2.45) is 0 Å². The van der Waals surface area contributed by atoms with Crippen LogP contribution in [0.2, 0.25) is 0 Å². The van der Waals surface area contributed by atoms with Crippen LogP contribution >= 0.6 is 11.3 Å². The molecule has 25 heavy (non-hydrogen) atoms. The van der Waals surface area contributed by atoms with Crippen LogP contribution in [0.25, 0.3) is 10.1 Å². The van der Waals surface area contributed by atoms with Gasteiger partial charge in [0, 0.05) is 29.7 Å². The number of carbonyl (C=O) groups excluding carboxylic acids is 1. The number of nitrogens with one attached hydrogen (secondary N) is 1. The Morgan fingerprint density at radius 2 is 2.12 bits per heavy atom. The molecule has 0 bridgehead atoms. The third-order valence-electron chi connectivity index (χ3n) is 4.51. The van der Waals surface area contributed by atoms with Crippen LogP contribution in [0.4, 0.5) is 5.69 Å². The van der Waals surface area contributed by atoms with E-state index in [1.54, 1.807) is 18.4 Å². The number of aryl methyl sites for hydroxylation is 1. The summed E-state index contributed by atoms with van der Waals surface area (Å²) in [7, 11) is 1.67. The molecule has 3 aromatic rings. The topological polar surface area (TPSA) is 41.6 Å². The fraction of sp³-hybridized carbons (Fsp3) is 0.250. The lowest BCUT2D eigenvalue weighted by Gasteiger charge is -2.23. The molecule has 1 aliphatic heterocycles. The Morgan fingerprint density at radius 3 is 2.92 bits per heavy atom. The van der Waals surface area contributed by atoms with Crippen molar-refractivity contribution in [3.63, 3.8) is 0 Å². The van der Waals surface area contributed by atoms with Crippen LogP contribution in [0.1, 0.15) is 20.8 Å². The molecule has 2 heterocycles. The van der Waals surface area contributed by atoms with Crippen LogP contribution in [-0.4, -0.2) is 26.1 Å². The van der Waals surface area contributed by atoms with Crippen molar-refractivity contribution < 1.29 is 9.53 Å². The number of anilines is 1. The molecule has 2 aromatic carbocycles. The summed E-state index contributed by atoms with van der Waals surface area (Å²) in [6, 6.07) is 14.5. The van der Waals surface area contributed by atoms with Gasteiger partial charge < -0.3 is 15.0 Å². The normalized spacial score (nSPS) is 14.2. The molecule has 0 unspecified atom stereocenters. The van der Waals surface area contributed by atoms with Gasteiger partial charge in [0.1, 0.15) is 10.6 Å². The summed E-state index contributed by atoms with van der Waals surface area (Å²) in [4.78, 5) is 15.6. The van der Waals surface area contributed by atoms with Gasteiger partial charge in [0.05, 0.1) is 12.8 Å². The van der Waals surface area contributed by atoms with Gasteiger partial charge >= 0.3 is 0 Å². The first-order chi connectivity index (χ1) is 12.2. The van der Waals surface area contributed by atoms with E-state index in [9.17, 15) is 4.79 Å². The van der Waals surface area contributed by atoms with Crippen molar-refractivity contribution in [3.05, 3.63) is 58.5 Å². The van der Waals surface area contributed by atoms with Crippen LogP contribution < -0.4 is 15.0 Å². The number of rotatable bonds is 3. The number of amides is 1. The predicted molar refractivity (Wildman–Crippen MR) is 103 cm³/mol. The molecule has 5 heteroatoms. The zero-order chi connectivity index (χ0) is 17.4. The number of nitrogens with zero attached hydrogens (tertiary/aromatic N) is 1. The van der Waals surface area contributed by atoms with Gasteiger partial charge in [0.25, 0.3) is 5.91 Å². The Balaban J connectivity index is 1.84. The number of thiophene rings is 1. The lowest BCUT2D eigenvalue weighted by Crippen LogP contribution is -2.29. The summed E-state index contributed by atoms with van der Waals surface area (Å²) in [5.74, 6) is 0.829. The molecule has 0 aliphatic carbocycles. The Kier molecular flexibility index (Phi) is 4.09. The molecule has 4 rings (SSSR count). The van der Waals surface area contributed by atoms with Crippen LogP contribution in [0.5, 0.6) is 5.75 Å². The van der Waals surface area contributed by atoms with Crippen molar-refractivity contribution in [1.82, 2.24) is 5.32 Å².